The number of nitrogens with zero attached hydrogens (tertiary/aromatic N) is 2. The lowest BCUT2D eigenvalue weighted by molar-refractivity contribution is 0.101. The van der Waals surface area contributed by atoms with Crippen LogP contribution in [0.3, 0.4) is 0 Å². The first-order valence-electron chi connectivity index (χ1n) is 5.21. The normalized spacial score (nSPS) is 11.3. The number of benzene rings is 1. The van der Waals surface area contributed by atoms with Gasteiger partial charge in [-0.05, 0) is 19.1 Å². The summed E-state index contributed by atoms with van der Waals surface area (Å²) in [6.07, 6.45) is 1.33. The first-order valence-corrected chi connectivity index (χ1v) is 5.21. The molecule has 0 unspecified atom stereocenters. The van der Waals surface area contributed by atoms with Gasteiger partial charge in [0, 0.05) is 17.3 Å². The molecule has 1 aromatic heterocycles. The number of oxime groups is 1. The van der Waals surface area contributed by atoms with Crippen molar-refractivity contribution < 1.29 is 14.5 Å². The highest BCUT2D eigenvalue weighted by Crippen LogP contribution is 2.12. The van der Waals surface area contributed by atoms with E-state index in [9.17, 15) is 4.79 Å². The van der Waals surface area contributed by atoms with Crippen molar-refractivity contribution in [2.75, 3.05) is 5.32 Å². The van der Waals surface area contributed by atoms with E-state index in [1.165, 1.54) is 12.3 Å². The molecule has 18 heavy (non-hydrogen) atoms. The van der Waals surface area contributed by atoms with Crippen LogP contribution in [-0.4, -0.2) is 22.0 Å². The number of aromatic nitrogens is 1. The van der Waals surface area contributed by atoms with Crippen LogP contribution in [-0.2, 0) is 0 Å². The number of anilines is 1. The number of nitrogens with one attached hydrogen (secondary N) is 1. The maximum absolute atomic E-state index is 11.7. The monoisotopic (exact) mass is 245 g/mol. The summed E-state index contributed by atoms with van der Waals surface area (Å²) in [6.45, 7) is 1.67. The molecular formula is C12H11N3O3. The zero-order valence-electron chi connectivity index (χ0n) is 9.62. The Kier molecular flexibility index (Phi) is 3.38. The number of hydrogen-bond donors (Lipinski definition) is 2. The summed E-state index contributed by atoms with van der Waals surface area (Å²) in [5.74, 6) is -0.362. The summed E-state index contributed by atoms with van der Waals surface area (Å²) < 4.78 is 4.59. The Morgan fingerprint density at radius 3 is 2.94 bits per heavy atom. The van der Waals surface area contributed by atoms with Crippen LogP contribution in [0.15, 0.2) is 46.3 Å². The van der Waals surface area contributed by atoms with Gasteiger partial charge in [0.2, 0.25) is 0 Å². The Hall–Kier alpha value is -2.63. The zero-order valence-corrected chi connectivity index (χ0v) is 9.62. The van der Waals surface area contributed by atoms with Crippen LogP contribution in [0.1, 0.15) is 23.0 Å². The predicted octanol–water partition coefficient (Wildman–Crippen LogP) is 2.13. The zero-order chi connectivity index (χ0) is 13.0. The van der Waals surface area contributed by atoms with E-state index in [2.05, 4.69) is 20.2 Å². The molecule has 92 valence electrons. The summed E-state index contributed by atoms with van der Waals surface area (Å²) in [5.41, 5.74) is 1.97. The van der Waals surface area contributed by atoms with E-state index < -0.39 is 0 Å². The molecule has 0 atom stereocenters. The fourth-order valence-electron chi connectivity index (χ4n) is 1.40. The van der Waals surface area contributed by atoms with Crippen LogP contribution in [0.25, 0.3) is 0 Å². The van der Waals surface area contributed by atoms with Crippen molar-refractivity contribution in [2.24, 2.45) is 5.16 Å². The van der Waals surface area contributed by atoms with Gasteiger partial charge in [0.15, 0.2) is 5.69 Å². The maximum atomic E-state index is 11.7. The van der Waals surface area contributed by atoms with Crippen molar-refractivity contribution >= 4 is 17.3 Å². The number of carbonyl (C=O) groups excluding carboxylic acids is 1. The van der Waals surface area contributed by atoms with Crippen LogP contribution in [0, 0.1) is 0 Å². The molecule has 1 amide bonds. The smallest absolute Gasteiger partial charge is 0.277 e. The molecule has 2 aromatic rings. The molecule has 0 radical (unpaired) electrons. The van der Waals surface area contributed by atoms with Gasteiger partial charge >= 0.3 is 0 Å². The van der Waals surface area contributed by atoms with Gasteiger partial charge < -0.3 is 15.0 Å². The van der Waals surface area contributed by atoms with E-state index in [1.54, 1.807) is 31.2 Å². The third-order valence-corrected chi connectivity index (χ3v) is 2.36. The summed E-state index contributed by atoms with van der Waals surface area (Å²) >= 11 is 0. The lowest BCUT2D eigenvalue weighted by Gasteiger charge is -2.05. The van der Waals surface area contributed by atoms with Gasteiger partial charge in [-0.1, -0.05) is 22.4 Å². The summed E-state index contributed by atoms with van der Waals surface area (Å²) in [5, 5.41) is 18.0. The number of carbonyl (C=O) groups is 1. The summed E-state index contributed by atoms with van der Waals surface area (Å²) in [4.78, 5) is 11.7. The number of hydrogen-bond acceptors (Lipinski definition) is 5. The van der Waals surface area contributed by atoms with E-state index in [0.29, 0.717) is 11.4 Å². The fourth-order valence-corrected chi connectivity index (χ4v) is 1.40. The van der Waals surface area contributed by atoms with Crippen molar-refractivity contribution in [3.05, 3.63) is 47.9 Å². The fraction of sp³-hybridized carbons (Fsp3) is 0.0833. The van der Waals surface area contributed by atoms with E-state index in [-0.39, 0.29) is 11.6 Å². The summed E-state index contributed by atoms with van der Waals surface area (Å²) in [6, 6.07) is 8.43. The molecule has 2 N–H and O–H groups in total. The Bertz CT molecular complexity index is 576. The van der Waals surface area contributed by atoms with E-state index >= 15 is 0 Å². The van der Waals surface area contributed by atoms with Crippen LogP contribution in [0.2, 0.25) is 0 Å². The highest BCUT2D eigenvalue weighted by Gasteiger charge is 2.09. The van der Waals surface area contributed by atoms with Crippen molar-refractivity contribution in [3.8, 4) is 0 Å². The van der Waals surface area contributed by atoms with Gasteiger partial charge in [-0.3, -0.25) is 4.79 Å². The lowest BCUT2D eigenvalue weighted by atomic mass is 10.1. The first-order chi connectivity index (χ1) is 8.70. The molecule has 0 bridgehead atoms. The highest BCUT2D eigenvalue weighted by molar-refractivity contribution is 6.04. The van der Waals surface area contributed by atoms with Gasteiger partial charge in [-0.15, -0.1) is 0 Å². The highest BCUT2D eigenvalue weighted by atomic mass is 16.5. The topological polar surface area (TPSA) is 87.7 Å². The lowest BCUT2D eigenvalue weighted by Crippen LogP contribution is -2.12. The van der Waals surface area contributed by atoms with Gasteiger partial charge in [-0.25, -0.2) is 0 Å². The largest absolute Gasteiger partial charge is 0.411 e. The number of amides is 1. The minimum atomic E-state index is -0.362. The van der Waals surface area contributed by atoms with E-state index in [0.717, 1.165) is 5.56 Å². The van der Waals surface area contributed by atoms with Crippen LogP contribution < -0.4 is 5.32 Å². The third kappa shape index (κ3) is 2.54. The maximum Gasteiger partial charge on any atom is 0.277 e. The predicted molar refractivity (Wildman–Crippen MR) is 64.9 cm³/mol. The Balaban J connectivity index is 2.17. The molecule has 1 aromatic carbocycles. The Labute approximate surface area is 103 Å². The van der Waals surface area contributed by atoms with Crippen molar-refractivity contribution in [1.82, 2.24) is 5.16 Å². The molecule has 0 saturated carbocycles. The quantitative estimate of drug-likeness (QED) is 0.492. The van der Waals surface area contributed by atoms with Crippen LogP contribution in [0.4, 0.5) is 5.69 Å². The summed E-state index contributed by atoms with van der Waals surface area (Å²) in [7, 11) is 0. The molecule has 0 aliphatic rings. The average Bonchev–Trinajstić information content (AvgIpc) is 2.92. The molecule has 0 aliphatic heterocycles. The standard InChI is InChI=1S/C12H11N3O3/c1-8(14-17)9-3-2-4-10(7-9)13-12(16)11-5-6-18-15-11/h2-7,17H,1H3,(H,13,16). The van der Waals surface area contributed by atoms with Gasteiger partial charge in [-0.2, -0.15) is 0 Å². The average molecular weight is 245 g/mol. The molecule has 6 nitrogen and oxygen atoms in total. The van der Waals surface area contributed by atoms with E-state index in [4.69, 9.17) is 5.21 Å². The Morgan fingerprint density at radius 2 is 2.28 bits per heavy atom. The van der Waals surface area contributed by atoms with Gasteiger partial charge in [0.1, 0.15) is 6.26 Å². The third-order valence-electron chi connectivity index (χ3n) is 2.36. The molecule has 0 saturated heterocycles. The molecule has 0 fully saturated rings. The molecule has 1 heterocycles. The molecular weight excluding hydrogens is 234 g/mol. The van der Waals surface area contributed by atoms with Crippen LogP contribution >= 0.6 is 0 Å². The van der Waals surface area contributed by atoms with Crippen molar-refractivity contribution in [2.45, 2.75) is 6.92 Å². The first kappa shape index (κ1) is 11.8. The van der Waals surface area contributed by atoms with Gasteiger partial charge in [0.25, 0.3) is 5.91 Å². The van der Waals surface area contributed by atoms with E-state index in [1.807, 2.05) is 0 Å². The second-order valence-electron chi connectivity index (χ2n) is 3.61. The molecule has 2 rings (SSSR count). The van der Waals surface area contributed by atoms with Crippen LogP contribution in [0.5, 0.6) is 0 Å². The Morgan fingerprint density at radius 1 is 1.44 bits per heavy atom. The molecule has 6 heteroatoms. The van der Waals surface area contributed by atoms with Crippen molar-refractivity contribution in [1.29, 1.82) is 0 Å². The minimum Gasteiger partial charge on any atom is -0.411 e. The SMILES string of the molecule is CC(=NO)c1cccc(NC(=O)c2ccon2)c1. The second-order valence-corrected chi connectivity index (χ2v) is 3.61. The number of rotatable bonds is 3. The second kappa shape index (κ2) is 5.13. The van der Waals surface area contributed by atoms with Gasteiger partial charge in [0.05, 0.1) is 5.71 Å². The molecule has 0 aliphatic carbocycles. The minimum absolute atomic E-state index is 0.202. The van der Waals surface area contributed by atoms with Crippen molar-refractivity contribution in [3.63, 3.8) is 0 Å². The molecule has 0 spiro atoms.